The molecular weight excluding hydrogens is 424 g/mol. The topological polar surface area (TPSA) is 171 Å². The van der Waals surface area contributed by atoms with Crippen LogP contribution in [0.3, 0.4) is 0 Å². The Kier molecular flexibility index (Phi) is 7.86. The fraction of sp³-hybridized carbons (Fsp3) is 0.136. The summed E-state index contributed by atoms with van der Waals surface area (Å²) in [6, 6.07) is 15.9. The van der Waals surface area contributed by atoms with Crippen molar-refractivity contribution in [3.05, 3.63) is 83.3 Å². The molecule has 0 saturated heterocycles. The highest BCUT2D eigenvalue weighted by atomic mass is 16.5. The Morgan fingerprint density at radius 2 is 1.73 bits per heavy atom. The molecule has 3 aromatic rings. The van der Waals surface area contributed by atoms with Gasteiger partial charge in [-0.1, -0.05) is 24.3 Å². The summed E-state index contributed by atoms with van der Waals surface area (Å²) in [7, 11) is 1.58. The number of hydrazine groups is 2. The molecular formula is C22H25N8O3+. The first-order chi connectivity index (χ1) is 16.0. The average Bonchev–Trinajstić information content (AvgIpc) is 2.84. The molecule has 0 aliphatic heterocycles. The highest BCUT2D eigenvalue weighted by Crippen LogP contribution is 2.12. The number of benzene rings is 2. The molecule has 0 aliphatic carbocycles. The molecule has 2 amide bonds. The van der Waals surface area contributed by atoms with Gasteiger partial charge in [0.05, 0.1) is 19.1 Å². The van der Waals surface area contributed by atoms with Gasteiger partial charge in [0.15, 0.2) is 0 Å². The van der Waals surface area contributed by atoms with Crippen LogP contribution in [0.4, 0.5) is 5.82 Å². The number of ether oxygens (including phenoxy) is 1. The summed E-state index contributed by atoms with van der Waals surface area (Å²) in [5.41, 5.74) is 5.04. The molecule has 1 aromatic heterocycles. The number of hydrogen-bond acceptors (Lipinski definition) is 7. The molecule has 3 rings (SSSR count). The van der Waals surface area contributed by atoms with Crippen molar-refractivity contribution in [1.29, 1.82) is 0 Å². The average molecular weight is 449 g/mol. The van der Waals surface area contributed by atoms with E-state index >= 15 is 0 Å². The van der Waals surface area contributed by atoms with E-state index in [4.69, 9.17) is 16.4 Å². The standard InChI is InChI=1S/C22H24N8O3/c1-33-17-8-4-14(5-9-17)10-20(31)28-19-11-18(26-13-27-19)22(32)25-12-15-2-6-16(7-3-15)21(29-23)30-24/h2-9,11,13H,10,12,23-24H2,1H3,(H,25,32)(H,29,30)(H,26,27,28,31)/p+1. The predicted octanol–water partition coefficient (Wildman–Crippen LogP) is -1.24. The molecule has 0 saturated carbocycles. The van der Waals surface area contributed by atoms with Crippen LogP contribution in [0.1, 0.15) is 27.2 Å². The maximum atomic E-state index is 12.5. The van der Waals surface area contributed by atoms with E-state index in [9.17, 15) is 9.59 Å². The number of rotatable bonds is 8. The SMILES string of the molecule is COc1ccc(CC(=O)Nc2cc(C(=O)NCc3ccc(/C(NN)=[NH+]/N)cc3)ncn2)cc1. The van der Waals surface area contributed by atoms with Crippen molar-refractivity contribution >= 4 is 23.5 Å². The van der Waals surface area contributed by atoms with Crippen LogP contribution in [0.2, 0.25) is 0 Å². The van der Waals surface area contributed by atoms with Gasteiger partial charge in [0.1, 0.15) is 23.6 Å². The van der Waals surface area contributed by atoms with Crippen LogP contribution in [-0.4, -0.2) is 34.7 Å². The van der Waals surface area contributed by atoms with Crippen LogP contribution in [0.15, 0.2) is 60.9 Å². The molecule has 0 bridgehead atoms. The fourth-order valence-corrected chi connectivity index (χ4v) is 2.94. The second kappa shape index (κ2) is 11.2. The molecule has 0 atom stereocenters. The zero-order chi connectivity index (χ0) is 23.6. The van der Waals surface area contributed by atoms with E-state index in [1.54, 1.807) is 31.4 Å². The summed E-state index contributed by atoms with van der Waals surface area (Å²) < 4.78 is 5.11. The van der Waals surface area contributed by atoms with Crippen LogP contribution in [0, 0.1) is 0 Å². The number of methoxy groups -OCH3 is 1. The van der Waals surface area contributed by atoms with Crippen molar-refractivity contribution in [1.82, 2.24) is 20.7 Å². The van der Waals surface area contributed by atoms with Crippen LogP contribution in [-0.2, 0) is 17.8 Å². The number of aromatic nitrogens is 2. The summed E-state index contributed by atoms with van der Waals surface area (Å²) in [5.74, 6) is 11.5. The van der Waals surface area contributed by atoms with Gasteiger partial charge in [0, 0.05) is 12.6 Å². The fourth-order valence-electron chi connectivity index (χ4n) is 2.94. The molecule has 0 aliphatic rings. The predicted molar refractivity (Wildman–Crippen MR) is 122 cm³/mol. The smallest absolute Gasteiger partial charge is 0.315 e. The van der Waals surface area contributed by atoms with E-state index in [2.05, 4.69) is 31.1 Å². The molecule has 33 heavy (non-hydrogen) atoms. The largest absolute Gasteiger partial charge is 0.497 e. The molecule has 8 N–H and O–H groups in total. The number of amides is 2. The minimum Gasteiger partial charge on any atom is -0.497 e. The van der Waals surface area contributed by atoms with Crippen molar-refractivity contribution < 1.29 is 19.4 Å². The van der Waals surface area contributed by atoms with Crippen molar-refractivity contribution in [2.45, 2.75) is 13.0 Å². The van der Waals surface area contributed by atoms with Crippen molar-refractivity contribution in [2.24, 2.45) is 11.7 Å². The molecule has 0 spiro atoms. The molecule has 2 aromatic carbocycles. The number of carbonyl (C=O) groups excluding carboxylic acids is 2. The number of hydrazone groups is 1. The van der Waals surface area contributed by atoms with Gasteiger partial charge in [-0.15, -0.1) is 0 Å². The van der Waals surface area contributed by atoms with E-state index in [0.29, 0.717) is 11.6 Å². The van der Waals surface area contributed by atoms with E-state index in [0.717, 1.165) is 16.7 Å². The van der Waals surface area contributed by atoms with Gasteiger partial charge in [0.2, 0.25) is 5.91 Å². The highest BCUT2D eigenvalue weighted by molar-refractivity contribution is 5.95. The minimum absolute atomic E-state index is 0.136. The van der Waals surface area contributed by atoms with E-state index in [-0.39, 0.29) is 30.4 Å². The summed E-state index contributed by atoms with van der Waals surface area (Å²) >= 11 is 0. The number of anilines is 1. The number of amidine groups is 1. The molecule has 11 nitrogen and oxygen atoms in total. The molecule has 0 fully saturated rings. The molecule has 11 heteroatoms. The van der Waals surface area contributed by atoms with Gasteiger partial charge in [0.25, 0.3) is 5.91 Å². The van der Waals surface area contributed by atoms with E-state index in [1.165, 1.54) is 12.4 Å². The van der Waals surface area contributed by atoms with Crippen LogP contribution < -0.4 is 37.6 Å². The Balaban J connectivity index is 1.55. The zero-order valence-electron chi connectivity index (χ0n) is 18.0. The number of carbonyl (C=O) groups is 2. The van der Waals surface area contributed by atoms with Crippen LogP contribution in [0.25, 0.3) is 0 Å². The van der Waals surface area contributed by atoms with E-state index in [1.807, 2.05) is 24.3 Å². The lowest BCUT2D eigenvalue weighted by Crippen LogP contribution is -2.83. The third-order valence-corrected chi connectivity index (χ3v) is 4.68. The Hall–Kier alpha value is -4.51. The molecule has 170 valence electrons. The normalized spacial score (nSPS) is 10.9. The van der Waals surface area contributed by atoms with Gasteiger partial charge in [-0.3, -0.25) is 15.4 Å². The first kappa shape index (κ1) is 23.2. The lowest BCUT2D eigenvalue weighted by Gasteiger charge is -2.08. The Bertz CT molecular complexity index is 1130. The lowest BCUT2D eigenvalue weighted by atomic mass is 10.1. The number of nitrogens with one attached hydrogen (secondary N) is 4. The maximum absolute atomic E-state index is 12.5. The van der Waals surface area contributed by atoms with Gasteiger partial charge in [-0.25, -0.2) is 9.97 Å². The van der Waals surface area contributed by atoms with Gasteiger partial charge < -0.3 is 15.4 Å². The quantitative estimate of drug-likeness (QED) is 0.107. The third-order valence-electron chi connectivity index (χ3n) is 4.68. The minimum atomic E-state index is -0.397. The first-order valence-corrected chi connectivity index (χ1v) is 9.95. The molecule has 1 heterocycles. The Morgan fingerprint density at radius 1 is 1.03 bits per heavy atom. The summed E-state index contributed by atoms with van der Waals surface area (Å²) in [6.45, 7) is 0.281. The number of hydrogen-bond donors (Lipinski definition) is 6. The van der Waals surface area contributed by atoms with Gasteiger partial charge >= 0.3 is 5.84 Å². The van der Waals surface area contributed by atoms with Crippen molar-refractivity contribution in [3.8, 4) is 5.75 Å². The van der Waals surface area contributed by atoms with E-state index < -0.39 is 5.91 Å². The summed E-state index contributed by atoms with van der Waals surface area (Å²) in [6.07, 6.45) is 1.38. The highest BCUT2D eigenvalue weighted by Gasteiger charge is 2.12. The third kappa shape index (κ3) is 6.48. The Labute approximate surface area is 190 Å². The van der Waals surface area contributed by atoms with Gasteiger partial charge in [-0.05, 0) is 35.4 Å². The van der Waals surface area contributed by atoms with Crippen LogP contribution >= 0.6 is 0 Å². The maximum Gasteiger partial charge on any atom is 0.315 e. The monoisotopic (exact) mass is 449 g/mol. The van der Waals surface area contributed by atoms with Gasteiger partial charge in [-0.2, -0.15) is 16.4 Å². The molecule has 0 unspecified atom stereocenters. The number of nitrogens with two attached hydrogens (primary N) is 2. The lowest BCUT2D eigenvalue weighted by molar-refractivity contribution is -0.471. The summed E-state index contributed by atoms with van der Waals surface area (Å²) in [5, 5.41) is 7.92. The second-order valence-corrected chi connectivity index (χ2v) is 6.90. The van der Waals surface area contributed by atoms with Crippen LogP contribution in [0.5, 0.6) is 5.75 Å². The second-order valence-electron chi connectivity index (χ2n) is 6.90. The van der Waals surface area contributed by atoms with Crippen molar-refractivity contribution in [3.63, 3.8) is 0 Å². The summed E-state index contributed by atoms with van der Waals surface area (Å²) in [4.78, 5) is 32.8. The molecule has 0 radical (unpaired) electrons. The number of nitrogens with zero attached hydrogens (tertiary/aromatic N) is 2. The zero-order valence-corrected chi connectivity index (χ0v) is 18.0. The Morgan fingerprint density at radius 3 is 2.36 bits per heavy atom. The van der Waals surface area contributed by atoms with Crippen molar-refractivity contribution in [2.75, 3.05) is 12.4 Å². The first-order valence-electron chi connectivity index (χ1n) is 9.95.